The van der Waals surface area contributed by atoms with Crippen LogP contribution in [0, 0.1) is 0 Å². The van der Waals surface area contributed by atoms with Crippen LogP contribution >= 0.6 is 0 Å². The Morgan fingerprint density at radius 2 is 1.15 bits per heavy atom. The molecule has 0 rings (SSSR count). The molecule has 0 saturated carbocycles. The lowest BCUT2D eigenvalue weighted by molar-refractivity contribution is 0.365. The van der Waals surface area contributed by atoms with Crippen molar-refractivity contribution in [3.8, 4) is 0 Å². The lowest BCUT2D eigenvalue weighted by Crippen LogP contribution is -2.50. The fourth-order valence-electron chi connectivity index (χ4n) is 1.34. The third-order valence-electron chi connectivity index (χ3n) is 1.04. The van der Waals surface area contributed by atoms with Crippen LogP contribution in [0.25, 0.3) is 0 Å². The first-order chi connectivity index (χ1) is 5.41. The molecule has 0 aromatic heterocycles. The summed E-state index contributed by atoms with van der Waals surface area (Å²) in [5, 5.41) is 0. The molecule has 13 heavy (non-hydrogen) atoms. The Kier molecular flexibility index (Phi) is 4.09. The molecule has 0 atom stereocenters. The first-order valence-electron chi connectivity index (χ1n) is 4.51. The zero-order chi connectivity index (χ0) is 10.9. The maximum atomic E-state index is 13.3. The van der Waals surface area contributed by atoms with Crippen LogP contribution < -0.4 is 0 Å². The van der Waals surface area contributed by atoms with Crippen molar-refractivity contribution in [1.82, 2.24) is 0 Å². The van der Waals surface area contributed by atoms with Gasteiger partial charge in [-0.15, -0.1) is 0 Å². The lowest BCUT2D eigenvalue weighted by atomic mass is 11.8. The fourth-order valence-corrected chi connectivity index (χ4v) is 12.5. The maximum absolute atomic E-state index is 13.3. The number of halogens is 1. The van der Waals surface area contributed by atoms with Crippen LogP contribution in [-0.2, 0) is 8.23 Å². The zero-order valence-corrected chi connectivity index (χ0v) is 12.7. The Labute approximate surface area is 84.1 Å². The normalized spacial score (nSPS) is 14.8. The van der Waals surface area contributed by atoms with E-state index < -0.39 is 25.5 Å². The van der Waals surface area contributed by atoms with E-state index >= 15 is 0 Å². The Balaban J connectivity index is 4.25. The highest BCUT2D eigenvalue weighted by atomic mass is 28.5. The summed E-state index contributed by atoms with van der Waals surface area (Å²) in [5.74, 6) is 0. The molecular weight excluding hydrogens is 219 g/mol. The van der Waals surface area contributed by atoms with Gasteiger partial charge < -0.3 is 8.23 Å². The van der Waals surface area contributed by atoms with Gasteiger partial charge in [0.05, 0.1) is 0 Å². The molecule has 0 amide bonds. The summed E-state index contributed by atoms with van der Waals surface area (Å²) in [7, 11) is -6.76. The second-order valence-electron chi connectivity index (χ2n) is 5.08. The van der Waals surface area contributed by atoms with Gasteiger partial charge in [-0.2, -0.15) is 0 Å². The molecule has 0 fully saturated rings. The molecule has 0 aliphatic heterocycles. The van der Waals surface area contributed by atoms with Crippen LogP contribution in [0.2, 0.25) is 45.8 Å². The minimum atomic E-state index is -2.93. The van der Waals surface area contributed by atoms with E-state index in [4.69, 9.17) is 8.23 Å². The van der Waals surface area contributed by atoms with Gasteiger partial charge in [-0.25, -0.2) is 0 Å². The molecule has 0 bridgehead atoms. The van der Waals surface area contributed by atoms with Gasteiger partial charge in [0.25, 0.3) is 0 Å². The van der Waals surface area contributed by atoms with Crippen molar-refractivity contribution in [2.75, 3.05) is 0 Å². The molecule has 80 valence electrons. The van der Waals surface area contributed by atoms with Crippen molar-refractivity contribution in [3.63, 3.8) is 0 Å². The Morgan fingerprint density at radius 1 is 0.769 bits per heavy atom. The summed E-state index contributed by atoms with van der Waals surface area (Å²) in [6.07, 6.45) is 0. The second kappa shape index (κ2) is 3.93. The van der Waals surface area contributed by atoms with Gasteiger partial charge in [0, 0.05) is 0 Å². The van der Waals surface area contributed by atoms with E-state index in [9.17, 15) is 4.11 Å². The number of hydrogen-bond acceptors (Lipinski definition) is 2. The van der Waals surface area contributed by atoms with Crippen molar-refractivity contribution >= 4 is 25.5 Å². The molecular formula is C7H21FO2Si3. The summed E-state index contributed by atoms with van der Waals surface area (Å²) >= 11 is 0. The van der Waals surface area contributed by atoms with Crippen LogP contribution in [0.1, 0.15) is 0 Å². The Bertz CT molecular complexity index is 154. The van der Waals surface area contributed by atoms with Gasteiger partial charge in [0.15, 0.2) is 8.32 Å². The third-order valence-corrected chi connectivity index (χ3v) is 9.36. The maximum Gasteiger partial charge on any atom is 0.369 e. The van der Waals surface area contributed by atoms with E-state index in [0.29, 0.717) is 0 Å². The first-order valence-corrected chi connectivity index (χ1v) is 13.5. The van der Waals surface area contributed by atoms with Crippen LogP contribution in [0.4, 0.5) is 4.11 Å². The van der Waals surface area contributed by atoms with Gasteiger partial charge in [-0.05, 0) is 45.8 Å². The summed E-state index contributed by atoms with van der Waals surface area (Å²) in [6, 6.07) is 0. The van der Waals surface area contributed by atoms with E-state index in [1.165, 1.54) is 0 Å². The minimum Gasteiger partial charge on any atom is -0.437 e. The van der Waals surface area contributed by atoms with E-state index in [2.05, 4.69) is 19.6 Å². The van der Waals surface area contributed by atoms with Gasteiger partial charge >= 0.3 is 17.2 Å². The first kappa shape index (κ1) is 13.5. The van der Waals surface area contributed by atoms with Crippen molar-refractivity contribution in [1.29, 1.82) is 0 Å². The predicted octanol–water partition coefficient (Wildman–Crippen LogP) is 3.23. The predicted molar refractivity (Wildman–Crippen MR) is 61.6 cm³/mol. The average Bonchev–Trinajstić information content (AvgIpc) is 1.43. The van der Waals surface area contributed by atoms with Gasteiger partial charge in [-0.1, -0.05) is 0 Å². The van der Waals surface area contributed by atoms with E-state index in [1.54, 1.807) is 13.1 Å². The molecule has 0 aliphatic carbocycles. The third kappa shape index (κ3) is 8.82. The summed E-state index contributed by atoms with van der Waals surface area (Å²) in [5.41, 5.74) is 0. The summed E-state index contributed by atoms with van der Waals surface area (Å²) in [4.78, 5) is 0. The molecule has 0 aromatic rings. The molecule has 0 unspecified atom stereocenters. The molecule has 0 aromatic carbocycles. The van der Waals surface area contributed by atoms with Crippen molar-refractivity contribution < 1.29 is 12.3 Å². The number of hydrogen-bond donors (Lipinski definition) is 0. The lowest BCUT2D eigenvalue weighted by Gasteiger charge is -2.33. The highest BCUT2D eigenvalue weighted by Gasteiger charge is 2.38. The fraction of sp³-hybridized carbons (Fsp3) is 1.00. The van der Waals surface area contributed by atoms with Crippen LogP contribution in [-0.4, -0.2) is 25.5 Å². The van der Waals surface area contributed by atoms with E-state index in [-0.39, 0.29) is 0 Å². The molecule has 0 aliphatic rings. The Morgan fingerprint density at radius 3 is 1.38 bits per heavy atom. The molecule has 0 N–H and O–H groups in total. The quantitative estimate of drug-likeness (QED) is 0.555. The highest BCUT2D eigenvalue weighted by molar-refractivity contribution is 6.85. The molecule has 0 heterocycles. The van der Waals surface area contributed by atoms with Gasteiger partial charge in [0.1, 0.15) is 0 Å². The molecule has 0 radical (unpaired) electrons. The SMILES string of the molecule is C[Si](C)(C)O[Si](C)(C)O[Si](C)(C)F. The van der Waals surface area contributed by atoms with Gasteiger partial charge in [-0.3, -0.25) is 4.11 Å². The summed E-state index contributed by atoms with van der Waals surface area (Å²) < 4.78 is 24.6. The summed E-state index contributed by atoms with van der Waals surface area (Å²) in [6.45, 7) is 13.2. The van der Waals surface area contributed by atoms with Crippen molar-refractivity contribution in [2.24, 2.45) is 0 Å². The smallest absolute Gasteiger partial charge is 0.369 e. The molecule has 0 spiro atoms. The standard InChI is InChI=1S/C7H21FO2Si3/c1-11(2,3)9-13(6,7)10-12(4,5)8/h1-7H3. The van der Waals surface area contributed by atoms with Crippen LogP contribution in [0.15, 0.2) is 0 Å². The monoisotopic (exact) mass is 240 g/mol. The number of rotatable bonds is 4. The largest absolute Gasteiger partial charge is 0.437 e. The molecule has 0 saturated heterocycles. The second-order valence-corrected chi connectivity index (χ2v) is 16.5. The minimum absolute atomic E-state index is 1.55. The van der Waals surface area contributed by atoms with Gasteiger partial charge in [0.2, 0.25) is 0 Å². The van der Waals surface area contributed by atoms with E-state index in [1.807, 2.05) is 13.1 Å². The van der Waals surface area contributed by atoms with E-state index in [0.717, 1.165) is 0 Å². The topological polar surface area (TPSA) is 18.5 Å². The highest BCUT2D eigenvalue weighted by Crippen LogP contribution is 2.20. The average molecular weight is 240 g/mol. The zero-order valence-electron chi connectivity index (χ0n) is 9.69. The van der Waals surface area contributed by atoms with Crippen LogP contribution in [0.5, 0.6) is 0 Å². The Hall–Kier alpha value is 0.501. The van der Waals surface area contributed by atoms with Crippen LogP contribution in [0.3, 0.4) is 0 Å². The molecule has 2 nitrogen and oxygen atoms in total. The van der Waals surface area contributed by atoms with Crippen molar-refractivity contribution in [2.45, 2.75) is 45.8 Å². The van der Waals surface area contributed by atoms with Crippen molar-refractivity contribution in [3.05, 3.63) is 0 Å². The molecule has 6 heteroatoms.